The fraction of sp³-hybridized carbons (Fsp3) is 0.176. The maximum absolute atomic E-state index is 12.4. The van der Waals surface area contributed by atoms with Crippen LogP contribution in [0, 0.1) is 0 Å². The Labute approximate surface area is 161 Å². The van der Waals surface area contributed by atoms with Crippen LogP contribution in [0.15, 0.2) is 59.8 Å². The van der Waals surface area contributed by atoms with Gasteiger partial charge in [0.05, 0.1) is 21.6 Å². The van der Waals surface area contributed by atoms with Crippen LogP contribution in [0.25, 0.3) is 0 Å². The summed E-state index contributed by atoms with van der Waals surface area (Å²) in [5.74, 6) is 0. The highest BCUT2D eigenvalue weighted by molar-refractivity contribution is 7.93. The number of halogens is 1. The van der Waals surface area contributed by atoms with Crippen molar-refractivity contribution >= 4 is 44.0 Å². The molecule has 0 amide bonds. The summed E-state index contributed by atoms with van der Waals surface area (Å²) in [6, 6.07) is 14.7. The number of hydrogen-bond donors (Lipinski definition) is 2. The van der Waals surface area contributed by atoms with Gasteiger partial charge in [0.25, 0.3) is 10.0 Å². The molecule has 136 valence electrons. The molecular formula is C17H17ClN4O2S2. The Hall–Kier alpha value is -2.16. The third-order valence-electron chi connectivity index (χ3n) is 3.77. The van der Waals surface area contributed by atoms with Crippen molar-refractivity contribution in [1.29, 1.82) is 0 Å². The van der Waals surface area contributed by atoms with E-state index in [0.717, 1.165) is 23.5 Å². The second-order valence-electron chi connectivity index (χ2n) is 5.51. The normalized spacial score (nSPS) is 12.5. The minimum Gasteiger partial charge on any atom is -0.377 e. The summed E-state index contributed by atoms with van der Waals surface area (Å²) in [5.41, 5.74) is 1.82. The van der Waals surface area contributed by atoms with Gasteiger partial charge in [0.1, 0.15) is 6.33 Å². The quantitative estimate of drug-likeness (QED) is 0.598. The van der Waals surface area contributed by atoms with Crippen LogP contribution in [-0.4, -0.2) is 17.8 Å². The number of benzene rings is 2. The second-order valence-corrected chi connectivity index (χ2v) is 8.38. The molecule has 3 rings (SSSR count). The molecule has 0 saturated heterocycles. The third-order valence-corrected chi connectivity index (χ3v) is 6.13. The minimum atomic E-state index is -3.76. The zero-order valence-electron chi connectivity index (χ0n) is 13.9. The Morgan fingerprint density at radius 1 is 1.19 bits per heavy atom. The molecule has 0 radical (unpaired) electrons. The fourth-order valence-corrected chi connectivity index (χ4v) is 4.45. The first-order chi connectivity index (χ1) is 12.5. The molecule has 1 atom stereocenters. The topological polar surface area (TPSA) is 84.0 Å². The zero-order chi connectivity index (χ0) is 18.6. The molecule has 6 nitrogen and oxygen atoms in total. The van der Waals surface area contributed by atoms with Crippen LogP contribution in [0.3, 0.4) is 0 Å². The number of hydrogen-bond acceptors (Lipinski definition) is 6. The molecule has 0 saturated carbocycles. The molecule has 26 heavy (non-hydrogen) atoms. The summed E-state index contributed by atoms with van der Waals surface area (Å²) < 4.78 is 31.0. The van der Waals surface area contributed by atoms with Gasteiger partial charge in [-0.15, -0.1) is 0 Å². The molecule has 2 N–H and O–H groups in total. The Morgan fingerprint density at radius 3 is 2.58 bits per heavy atom. The van der Waals surface area contributed by atoms with Crippen molar-refractivity contribution in [2.24, 2.45) is 0 Å². The SMILES string of the molecule is CCC(Nc1ccc(S(=O)(=O)Nc2ncns2)cc1Cl)c1ccccc1. The summed E-state index contributed by atoms with van der Waals surface area (Å²) in [4.78, 5) is 3.89. The smallest absolute Gasteiger partial charge is 0.263 e. The van der Waals surface area contributed by atoms with Crippen molar-refractivity contribution in [3.63, 3.8) is 0 Å². The van der Waals surface area contributed by atoms with Crippen molar-refractivity contribution in [3.05, 3.63) is 65.4 Å². The Bertz CT molecular complexity index is 964. The molecule has 0 aliphatic heterocycles. The van der Waals surface area contributed by atoms with Crippen molar-refractivity contribution in [2.75, 3.05) is 10.0 Å². The number of anilines is 2. The van der Waals surface area contributed by atoms with Gasteiger partial charge in [0.15, 0.2) is 0 Å². The molecule has 0 aliphatic carbocycles. The second kappa shape index (κ2) is 8.03. The lowest BCUT2D eigenvalue weighted by atomic mass is 10.0. The van der Waals surface area contributed by atoms with Crippen LogP contribution in [0.4, 0.5) is 10.8 Å². The predicted molar refractivity (Wildman–Crippen MR) is 105 cm³/mol. The molecule has 1 aromatic heterocycles. The van der Waals surface area contributed by atoms with Crippen LogP contribution in [0.5, 0.6) is 0 Å². The van der Waals surface area contributed by atoms with Crippen molar-refractivity contribution < 1.29 is 8.42 Å². The van der Waals surface area contributed by atoms with Crippen LogP contribution in [0.2, 0.25) is 5.02 Å². The summed E-state index contributed by atoms with van der Waals surface area (Å²) in [6.45, 7) is 2.07. The minimum absolute atomic E-state index is 0.0657. The maximum atomic E-state index is 12.4. The number of rotatable bonds is 7. The molecule has 9 heteroatoms. The Kier molecular flexibility index (Phi) is 5.75. The van der Waals surface area contributed by atoms with E-state index in [2.05, 4.69) is 26.3 Å². The van der Waals surface area contributed by atoms with Gasteiger partial charge in [0.2, 0.25) is 5.13 Å². The average molecular weight is 409 g/mol. The zero-order valence-corrected chi connectivity index (χ0v) is 16.3. The van der Waals surface area contributed by atoms with E-state index < -0.39 is 10.0 Å². The monoisotopic (exact) mass is 408 g/mol. The molecule has 0 spiro atoms. The highest BCUT2D eigenvalue weighted by Crippen LogP contribution is 2.30. The first-order valence-electron chi connectivity index (χ1n) is 7.90. The Balaban J connectivity index is 1.81. The maximum Gasteiger partial charge on any atom is 0.263 e. The van der Waals surface area contributed by atoms with Crippen molar-refractivity contribution in [2.45, 2.75) is 24.3 Å². The highest BCUT2D eigenvalue weighted by atomic mass is 35.5. The number of sulfonamides is 1. The number of aromatic nitrogens is 2. The van der Waals surface area contributed by atoms with Crippen LogP contribution < -0.4 is 10.0 Å². The van der Waals surface area contributed by atoms with Crippen LogP contribution in [0.1, 0.15) is 24.9 Å². The van der Waals surface area contributed by atoms with E-state index in [9.17, 15) is 8.42 Å². The van der Waals surface area contributed by atoms with E-state index in [4.69, 9.17) is 11.6 Å². The van der Waals surface area contributed by atoms with Gasteiger partial charge in [-0.1, -0.05) is 48.9 Å². The number of nitrogens with one attached hydrogen (secondary N) is 2. The highest BCUT2D eigenvalue weighted by Gasteiger charge is 2.18. The van der Waals surface area contributed by atoms with Gasteiger partial charge in [-0.05, 0) is 30.2 Å². The first kappa shape index (κ1) is 18.6. The lowest BCUT2D eigenvalue weighted by Crippen LogP contribution is -2.13. The molecule has 1 heterocycles. The van der Waals surface area contributed by atoms with Crippen molar-refractivity contribution in [1.82, 2.24) is 9.36 Å². The van der Waals surface area contributed by atoms with E-state index >= 15 is 0 Å². The third kappa shape index (κ3) is 4.32. The number of nitrogens with zero attached hydrogens (tertiary/aromatic N) is 2. The van der Waals surface area contributed by atoms with E-state index in [0.29, 0.717) is 10.7 Å². The van der Waals surface area contributed by atoms with Crippen LogP contribution >= 0.6 is 23.1 Å². The van der Waals surface area contributed by atoms with Gasteiger partial charge in [-0.3, -0.25) is 4.72 Å². The first-order valence-corrected chi connectivity index (χ1v) is 10.5. The predicted octanol–water partition coefficient (Wildman–Crippen LogP) is 4.56. The molecule has 1 unspecified atom stereocenters. The molecule has 0 fully saturated rings. The van der Waals surface area contributed by atoms with Gasteiger partial charge in [-0.2, -0.15) is 4.37 Å². The molecular weight excluding hydrogens is 392 g/mol. The Morgan fingerprint density at radius 2 is 1.96 bits per heavy atom. The summed E-state index contributed by atoms with van der Waals surface area (Å²) in [7, 11) is -3.76. The average Bonchev–Trinajstić information content (AvgIpc) is 3.13. The van der Waals surface area contributed by atoms with E-state index in [1.807, 2.05) is 30.3 Å². The van der Waals surface area contributed by atoms with E-state index in [1.165, 1.54) is 18.5 Å². The molecule has 0 aliphatic rings. The summed E-state index contributed by atoms with van der Waals surface area (Å²) in [6.07, 6.45) is 2.15. The molecule has 0 bridgehead atoms. The van der Waals surface area contributed by atoms with Gasteiger partial charge in [0, 0.05) is 11.5 Å². The standard InChI is InChI=1S/C17H17ClN4O2S2/c1-2-15(12-6-4-3-5-7-12)21-16-9-8-13(10-14(16)18)26(23,24)22-17-19-11-20-25-17/h3-11,15,21H,2H2,1H3,(H,19,20,22). The molecule has 2 aromatic carbocycles. The van der Waals surface area contributed by atoms with Gasteiger partial charge < -0.3 is 5.32 Å². The lowest BCUT2D eigenvalue weighted by molar-refractivity contribution is 0.601. The summed E-state index contributed by atoms with van der Waals surface area (Å²) >= 11 is 7.29. The van der Waals surface area contributed by atoms with Crippen molar-refractivity contribution in [3.8, 4) is 0 Å². The largest absolute Gasteiger partial charge is 0.377 e. The van der Waals surface area contributed by atoms with E-state index in [-0.39, 0.29) is 16.1 Å². The molecule has 3 aromatic rings. The van der Waals surface area contributed by atoms with Gasteiger partial charge in [-0.25, -0.2) is 13.4 Å². The lowest BCUT2D eigenvalue weighted by Gasteiger charge is -2.20. The summed E-state index contributed by atoms with van der Waals surface area (Å²) in [5, 5.41) is 3.91. The van der Waals surface area contributed by atoms with Gasteiger partial charge >= 0.3 is 0 Å². The van der Waals surface area contributed by atoms with E-state index in [1.54, 1.807) is 6.07 Å². The fourth-order valence-electron chi connectivity index (χ4n) is 2.47. The van der Waals surface area contributed by atoms with Crippen LogP contribution in [-0.2, 0) is 10.0 Å².